The molecule has 0 saturated heterocycles. The number of aromatic nitrogens is 6. The topological polar surface area (TPSA) is 115 Å². The molecule has 0 fully saturated rings. The van der Waals surface area contributed by atoms with Gasteiger partial charge < -0.3 is 5.11 Å². The molecule has 1 N–H and O–H groups in total. The Balaban J connectivity index is 1.58. The Bertz CT molecular complexity index is 1650. The van der Waals surface area contributed by atoms with Crippen LogP contribution < -0.4 is 5.69 Å². The Labute approximate surface area is 187 Å². The van der Waals surface area contributed by atoms with Crippen LogP contribution in [-0.2, 0) is 7.05 Å². The lowest BCUT2D eigenvalue weighted by Crippen LogP contribution is -2.30. The average molecular weight is 437 g/mol. The third-order valence-corrected chi connectivity index (χ3v) is 6.45. The first-order chi connectivity index (χ1) is 16.1. The zero-order chi connectivity index (χ0) is 22.7. The highest BCUT2D eigenvalue weighted by atomic mass is 16.3. The number of imidazole rings is 2. The Morgan fingerprint density at radius 1 is 1.09 bits per heavy atom. The summed E-state index contributed by atoms with van der Waals surface area (Å²) in [5.41, 5.74) is 4.67. The maximum Gasteiger partial charge on any atom is 0.330 e. The lowest BCUT2D eigenvalue weighted by Gasteiger charge is -2.29. The highest BCUT2D eigenvalue weighted by Gasteiger charge is 2.30. The number of fused-ring (bicyclic) bond motifs is 3. The molecule has 0 saturated carbocycles. The van der Waals surface area contributed by atoms with E-state index in [0.717, 1.165) is 16.6 Å². The van der Waals surface area contributed by atoms with Gasteiger partial charge in [0.15, 0.2) is 5.65 Å². The molecule has 0 spiro atoms. The summed E-state index contributed by atoms with van der Waals surface area (Å²) in [5.74, 6) is 0.364. The molecule has 162 valence electrons. The average Bonchev–Trinajstić information content (AvgIpc) is 3.38. The summed E-state index contributed by atoms with van der Waals surface area (Å²) in [6.45, 7) is 0. The van der Waals surface area contributed by atoms with Crippen molar-refractivity contribution >= 4 is 22.2 Å². The standard InChI is InChI=1S/C24H19N7O2/c1-29-20-12-26-23(30-13-27-17-7-6-14(11-25)10-19(17)30)28-22(20)31(24(29)33)18-8-9-21(32)16-5-3-2-4-15(16)18/h2-7,10,12-13,18,21,32H,8-9H2,1H3/t18?,21-/m1/s1. The van der Waals surface area contributed by atoms with Crippen molar-refractivity contribution in [2.45, 2.75) is 25.0 Å². The van der Waals surface area contributed by atoms with Crippen LogP contribution in [0.5, 0.6) is 0 Å². The van der Waals surface area contributed by atoms with Gasteiger partial charge >= 0.3 is 5.69 Å². The molecule has 2 atom stereocenters. The van der Waals surface area contributed by atoms with Gasteiger partial charge in [-0.15, -0.1) is 0 Å². The summed E-state index contributed by atoms with van der Waals surface area (Å²) < 4.78 is 4.97. The zero-order valence-corrected chi connectivity index (χ0v) is 17.8. The van der Waals surface area contributed by atoms with Crippen molar-refractivity contribution in [3.05, 3.63) is 82.2 Å². The molecule has 6 rings (SSSR count). The van der Waals surface area contributed by atoms with Gasteiger partial charge in [0.1, 0.15) is 11.8 Å². The second-order valence-electron chi connectivity index (χ2n) is 8.26. The van der Waals surface area contributed by atoms with Crippen LogP contribution in [0.2, 0.25) is 0 Å². The maximum absolute atomic E-state index is 13.3. The summed E-state index contributed by atoms with van der Waals surface area (Å²) >= 11 is 0. The van der Waals surface area contributed by atoms with Gasteiger partial charge in [0.25, 0.3) is 0 Å². The second-order valence-corrected chi connectivity index (χ2v) is 8.26. The fourth-order valence-corrected chi connectivity index (χ4v) is 4.77. The molecule has 0 bridgehead atoms. The molecule has 33 heavy (non-hydrogen) atoms. The van der Waals surface area contributed by atoms with Gasteiger partial charge in [-0.05, 0) is 42.2 Å². The Hall–Kier alpha value is -4.29. The van der Waals surface area contributed by atoms with E-state index < -0.39 is 6.10 Å². The molecular weight excluding hydrogens is 418 g/mol. The highest BCUT2D eigenvalue weighted by Crippen LogP contribution is 2.38. The van der Waals surface area contributed by atoms with Crippen LogP contribution in [0.3, 0.4) is 0 Å². The number of benzene rings is 2. The van der Waals surface area contributed by atoms with Crippen LogP contribution in [0, 0.1) is 11.3 Å². The largest absolute Gasteiger partial charge is 0.388 e. The first-order valence-corrected chi connectivity index (χ1v) is 10.6. The zero-order valence-electron chi connectivity index (χ0n) is 17.8. The number of aliphatic hydroxyl groups excluding tert-OH is 1. The molecule has 1 aliphatic carbocycles. The lowest BCUT2D eigenvalue weighted by molar-refractivity contribution is 0.147. The first-order valence-electron chi connectivity index (χ1n) is 10.6. The van der Waals surface area contributed by atoms with Gasteiger partial charge in [-0.2, -0.15) is 10.2 Å². The van der Waals surface area contributed by atoms with E-state index in [4.69, 9.17) is 4.98 Å². The molecule has 2 aromatic carbocycles. The number of nitrogens with zero attached hydrogens (tertiary/aromatic N) is 7. The summed E-state index contributed by atoms with van der Waals surface area (Å²) in [5, 5.41) is 19.8. The summed E-state index contributed by atoms with van der Waals surface area (Å²) in [4.78, 5) is 27.0. The summed E-state index contributed by atoms with van der Waals surface area (Å²) in [7, 11) is 1.71. The van der Waals surface area contributed by atoms with Gasteiger partial charge in [0.2, 0.25) is 5.95 Å². The molecule has 3 aromatic heterocycles. The number of rotatable bonds is 2. The molecule has 9 nitrogen and oxygen atoms in total. The molecule has 1 aliphatic rings. The fourth-order valence-electron chi connectivity index (χ4n) is 4.77. The molecule has 3 heterocycles. The van der Waals surface area contributed by atoms with Gasteiger partial charge in [-0.1, -0.05) is 24.3 Å². The minimum Gasteiger partial charge on any atom is -0.388 e. The number of aryl methyl sites for hydroxylation is 1. The first kappa shape index (κ1) is 19.4. The second kappa shape index (κ2) is 7.12. The van der Waals surface area contributed by atoms with Crippen LogP contribution in [-0.4, -0.2) is 33.8 Å². The minimum absolute atomic E-state index is 0.185. The van der Waals surface area contributed by atoms with E-state index in [1.165, 1.54) is 0 Å². The maximum atomic E-state index is 13.3. The van der Waals surface area contributed by atoms with Crippen LogP contribution in [0.15, 0.2) is 59.8 Å². The van der Waals surface area contributed by atoms with E-state index in [2.05, 4.69) is 16.0 Å². The van der Waals surface area contributed by atoms with Gasteiger partial charge in [0.05, 0.1) is 41.0 Å². The van der Waals surface area contributed by atoms with Gasteiger partial charge in [-0.3, -0.25) is 13.7 Å². The van der Waals surface area contributed by atoms with E-state index >= 15 is 0 Å². The van der Waals surface area contributed by atoms with E-state index in [9.17, 15) is 15.2 Å². The lowest BCUT2D eigenvalue weighted by atomic mass is 9.85. The highest BCUT2D eigenvalue weighted by molar-refractivity contribution is 5.79. The predicted octanol–water partition coefficient (Wildman–Crippen LogP) is 2.76. The van der Waals surface area contributed by atoms with Crippen molar-refractivity contribution < 1.29 is 5.11 Å². The third-order valence-electron chi connectivity index (χ3n) is 6.45. The van der Waals surface area contributed by atoms with Crippen molar-refractivity contribution in [2.75, 3.05) is 0 Å². The number of hydrogen-bond donors (Lipinski definition) is 1. The normalized spacial score (nSPS) is 17.8. The van der Waals surface area contributed by atoms with Gasteiger partial charge in [0, 0.05) is 7.05 Å². The van der Waals surface area contributed by atoms with Crippen LogP contribution >= 0.6 is 0 Å². The molecule has 9 heteroatoms. The smallest absolute Gasteiger partial charge is 0.330 e. The van der Waals surface area contributed by atoms with E-state index in [0.29, 0.717) is 41.0 Å². The fraction of sp³-hybridized carbons (Fsp3) is 0.208. The van der Waals surface area contributed by atoms with Gasteiger partial charge in [-0.25, -0.2) is 14.8 Å². The predicted molar refractivity (Wildman–Crippen MR) is 121 cm³/mol. The molecule has 5 aromatic rings. The number of nitriles is 1. The van der Waals surface area contributed by atoms with E-state index in [-0.39, 0.29) is 11.7 Å². The Morgan fingerprint density at radius 2 is 1.91 bits per heavy atom. The van der Waals surface area contributed by atoms with Crippen molar-refractivity contribution in [3.63, 3.8) is 0 Å². The minimum atomic E-state index is -0.542. The van der Waals surface area contributed by atoms with Crippen molar-refractivity contribution in [1.29, 1.82) is 5.26 Å². The van der Waals surface area contributed by atoms with Crippen LogP contribution in [0.25, 0.3) is 28.1 Å². The Morgan fingerprint density at radius 3 is 2.73 bits per heavy atom. The van der Waals surface area contributed by atoms with E-state index in [1.54, 1.807) is 51.5 Å². The van der Waals surface area contributed by atoms with Crippen LogP contribution in [0.4, 0.5) is 0 Å². The van der Waals surface area contributed by atoms with Crippen LogP contribution in [0.1, 0.15) is 41.7 Å². The van der Waals surface area contributed by atoms with E-state index in [1.807, 2.05) is 24.3 Å². The monoisotopic (exact) mass is 437 g/mol. The molecule has 1 unspecified atom stereocenters. The Kier molecular flexibility index (Phi) is 4.18. The number of hydrogen-bond acceptors (Lipinski definition) is 6. The van der Waals surface area contributed by atoms with Crippen molar-refractivity contribution in [2.24, 2.45) is 7.05 Å². The summed E-state index contributed by atoms with van der Waals surface area (Å²) in [6, 6.07) is 14.8. The third kappa shape index (κ3) is 2.81. The quantitative estimate of drug-likeness (QED) is 0.454. The summed E-state index contributed by atoms with van der Waals surface area (Å²) in [6.07, 6.45) is 3.89. The molecule has 0 aliphatic heterocycles. The van der Waals surface area contributed by atoms with Crippen molar-refractivity contribution in [3.8, 4) is 12.0 Å². The number of aliphatic hydroxyl groups is 1. The van der Waals surface area contributed by atoms with Crippen molar-refractivity contribution in [1.82, 2.24) is 28.7 Å². The molecule has 0 radical (unpaired) electrons. The molecular formula is C24H19N7O2. The SMILES string of the molecule is Cn1c(=O)n(C2CC[C@@H](O)c3ccccc32)c2nc(-n3cnc4ccc(C#N)cc43)ncc21. The molecule has 0 amide bonds.